The molecule has 3 aromatic rings. The molecular formula is C22H16F3N5O2. The number of halogens is 3. The van der Waals surface area contributed by atoms with Crippen LogP contribution in [0, 0.1) is 34.7 Å². The Morgan fingerprint density at radius 1 is 1.19 bits per heavy atom. The topological polar surface area (TPSA) is 102 Å². The van der Waals surface area contributed by atoms with Crippen LogP contribution >= 0.6 is 0 Å². The van der Waals surface area contributed by atoms with Crippen molar-refractivity contribution in [2.75, 3.05) is 18.4 Å². The van der Waals surface area contributed by atoms with Crippen molar-refractivity contribution >= 4 is 17.5 Å². The first kappa shape index (κ1) is 21.1. The molecule has 7 nitrogen and oxygen atoms in total. The molecule has 1 aliphatic rings. The number of nitrogens with one attached hydrogen (secondary N) is 2. The molecule has 1 aliphatic heterocycles. The molecule has 2 aromatic heterocycles. The zero-order valence-electron chi connectivity index (χ0n) is 16.5. The minimum Gasteiger partial charge on any atom is -0.350 e. The van der Waals surface area contributed by atoms with Crippen molar-refractivity contribution < 1.29 is 22.8 Å². The number of carbonyl (C=O) groups is 2. The number of carbonyl (C=O) groups excluding carboxylic acids is 2. The molecule has 0 saturated carbocycles. The summed E-state index contributed by atoms with van der Waals surface area (Å²) in [7, 11) is 0. The third-order valence-corrected chi connectivity index (χ3v) is 5.22. The Morgan fingerprint density at radius 2 is 1.94 bits per heavy atom. The SMILES string of the molecule is N#Cc1ncccc1-c1ccc(C(=O)N2CC[C@H](C(=O)Nc3cc(F)c(F)c(F)c3)C2)[nH]1. The molecule has 32 heavy (non-hydrogen) atoms. The summed E-state index contributed by atoms with van der Waals surface area (Å²) in [6.45, 7) is 0.426. The first-order chi connectivity index (χ1) is 15.4. The Labute approximate surface area is 180 Å². The van der Waals surface area contributed by atoms with Crippen molar-refractivity contribution in [3.8, 4) is 17.3 Å². The van der Waals surface area contributed by atoms with E-state index in [0.29, 0.717) is 36.4 Å². The maximum Gasteiger partial charge on any atom is 0.270 e. The third-order valence-electron chi connectivity index (χ3n) is 5.22. The van der Waals surface area contributed by atoms with Gasteiger partial charge in [-0.1, -0.05) is 0 Å². The lowest BCUT2D eigenvalue weighted by atomic mass is 10.1. The molecule has 1 aromatic carbocycles. The maximum absolute atomic E-state index is 13.4. The number of H-pyrrole nitrogens is 1. The number of anilines is 1. The fourth-order valence-corrected chi connectivity index (χ4v) is 3.59. The van der Waals surface area contributed by atoms with Gasteiger partial charge < -0.3 is 15.2 Å². The molecule has 10 heteroatoms. The number of amides is 2. The molecular weight excluding hydrogens is 423 g/mol. The molecule has 1 atom stereocenters. The predicted octanol–water partition coefficient (Wildman–Crippen LogP) is 3.47. The highest BCUT2D eigenvalue weighted by Crippen LogP contribution is 2.25. The molecule has 2 amide bonds. The van der Waals surface area contributed by atoms with Crippen LogP contribution in [0.25, 0.3) is 11.3 Å². The molecule has 0 radical (unpaired) electrons. The molecule has 1 saturated heterocycles. The Bertz CT molecular complexity index is 1230. The van der Waals surface area contributed by atoms with E-state index in [1.165, 1.54) is 11.1 Å². The van der Waals surface area contributed by atoms with Crippen LogP contribution in [-0.4, -0.2) is 39.8 Å². The van der Waals surface area contributed by atoms with Crippen molar-refractivity contribution in [1.82, 2.24) is 14.9 Å². The Morgan fingerprint density at radius 3 is 2.66 bits per heavy atom. The zero-order chi connectivity index (χ0) is 22.8. The summed E-state index contributed by atoms with van der Waals surface area (Å²) >= 11 is 0. The quantitative estimate of drug-likeness (QED) is 0.608. The highest BCUT2D eigenvalue weighted by molar-refractivity contribution is 5.96. The summed E-state index contributed by atoms with van der Waals surface area (Å²) in [5, 5.41) is 11.6. The lowest BCUT2D eigenvalue weighted by Gasteiger charge is -2.16. The van der Waals surface area contributed by atoms with Gasteiger partial charge in [0, 0.05) is 48.4 Å². The Kier molecular flexibility index (Phi) is 5.64. The molecule has 0 spiro atoms. The summed E-state index contributed by atoms with van der Waals surface area (Å²) in [4.78, 5) is 33.8. The largest absolute Gasteiger partial charge is 0.350 e. The van der Waals surface area contributed by atoms with Crippen LogP contribution in [0.15, 0.2) is 42.6 Å². The van der Waals surface area contributed by atoms with E-state index in [9.17, 15) is 28.0 Å². The molecule has 0 aliphatic carbocycles. The standard InChI is InChI=1S/C22H16F3N5O2/c23-15-8-13(9-16(24)20(15)25)28-21(31)12-5-7-30(11-12)22(32)18-4-3-17(29-18)14-2-1-6-27-19(14)10-26/h1-4,6,8-9,12,29H,5,7,11H2,(H,28,31)/t12-/m0/s1. The minimum atomic E-state index is -1.61. The summed E-state index contributed by atoms with van der Waals surface area (Å²) in [5.74, 6) is -5.86. The molecule has 0 unspecified atom stereocenters. The van der Waals surface area contributed by atoms with E-state index in [1.54, 1.807) is 24.3 Å². The number of hydrogen-bond acceptors (Lipinski definition) is 4. The lowest BCUT2D eigenvalue weighted by Crippen LogP contribution is -2.31. The van der Waals surface area contributed by atoms with Gasteiger partial charge in [-0.15, -0.1) is 0 Å². The van der Waals surface area contributed by atoms with Gasteiger partial charge in [0.15, 0.2) is 17.5 Å². The lowest BCUT2D eigenvalue weighted by molar-refractivity contribution is -0.119. The fraction of sp³-hybridized carbons (Fsp3) is 0.182. The van der Waals surface area contributed by atoms with Crippen molar-refractivity contribution in [2.24, 2.45) is 5.92 Å². The second kappa shape index (κ2) is 8.55. The van der Waals surface area contributed by atoms with Crippen LogP contribution in [0.5, 0.6) is 0 Å². The second-order valence-corrected chi connectivity index (χ2v) is 7.28. The average Bonchev–Trinajstić information content (AvgIpc) is 3.47. The van der Waals surface area contributed by atoms with E-state index in [0.717, 1.165) is 0 Å². The number of aromatic nitrogens is 2. The number of hydrogen-bond donors (Lipinski definition) is 2. The summed E-state index contributed by atoms with van der Waals surface area (Å²) in [5.41, 5.74) is 1.43. The third kappa shape index (κ3) is 4.05. The van der Waals surface area contributed by atoms with E-state index in [-0.39, 0.29) is 29.5 Å². The van der Waals surface area contributed by atoms with Gasteiger partial charge in [-0.05, 0) is 30.7 Å². The second-order valence-electron chi connectivity index (χ2n) is 7.28. The smallest absolute Gasteiger partial charge is 0.270 e. The van der Waals surface area contributed by atoms with E-state index in [1.807, 2.05) is 6.07 Å². The van der Waals surface area contributed by atoms with Crippen molar-refractivity contribution in [2.45, 2.75) is 6.42 Å². The summed E-state index contributed by atoms with van der Waals surface area (Å²) in [6, 6.07) is 10.0. The number of benzene rings is 1. The van der Waals surface area contributed by atoms with Gasteiger partial charge in [0.05, 0.1) is 5.92 Å². The molecule has 1 fully saturated rings. The van der Waals surface area contributed by atoms with Crippen LogP contribution < -0.4 is 5.32 Å². The predicted molar refractivity (Wildman–Crippen MR) is 108 cm³/mol. The number of pyridine rings is 1. The molecule has 2 N–H and O–H groups in total. The van der Waals surface area contributed by atoms with E-state index >= 15 is 0 Å². The first-order valence-corrected chi connectivity index (χ1v) is 9.66. The average molecular weight is 439 g/mol. The number of likely N-dealkylation sites (tertiary alicyclic amines) is 1. The molecule has 162 valence electrons. The Balaban J connectivity index is 1.42. The van der Waals surface area contributed by atoms with E-state index < -0.39 is 29.3 Å². The Hall–Kier alpha value is -4.13. The van der Waals surface area contributed by atoms with Gasteiger partial charge in [-0.3, -0.25) is 9.59 Å². The number of aromatic amines is 1. The first-order valence-electron chi connectivity index (χ1n) is 9.66. The summed E-state index contributed by atoms with van der Waals surface area (Å²) in [6.07, 6.45) is 1.86. The number of nitriles is 1. The van der Waals surface area contributed by atoms with Gasteiger partial charge >= 0.3 is 0 Å². The van der Waals surface area contributed by atoms with Crippen LogP contribution in [0.2, 0.25) is 0 Å². The van der Waals surface area contributed by atoms with Gasteiger partial charge in [0.25, 0.3) is 5.91 Å². The molecule has 4 rings (SSSR count). The normalized spacial score (nSPS) is 15.4. The highest BCUT2D eigenvalue weighted by Gasteiger charge is 2.32. The minimum absolute atomic E-state index is 0.113. The number of rotatable bonds is 4. The van der Waals surface area contributed by atoms with E-state index in [4.69, 9.17) is 0 Å². The maximum atomic E-state index is 13.4. The zero-order valence-corrected chi connectivity index (χ0v) is 16.5. The number of nitrogens with zero attached hydrogens (tertiary/aromatic N) is 3. The van der Waals surface area contributed by atoms with E-state index in [2.05, 4.69) is 15.3 Å². The van der Waals surface area contributed by atoms with Crippen molar-refractivity contribution in [3.05, 3.63) is 71.4 Å². The molecule has 3 heterocycles. The summed E-state index contributed by atoms with van der Waals surface area (Å²) < 4.78 is 39.8. The van der Waals surface area contributed by atoms with Gasteiger partial charge in [0.1, 0.15) is 17.5 Å². The monoisotopic (exact) mass is 439 g/mol. The highest BCUT2D eigenvalue weighted by atomic mass is 19.2. The van der Waals surface area contributed by atoms with Crippen LogP contribution in [0.3, 0.4) is 0 Å². The molecule has 0 bridgehead atoms. The van der Waals surface area contributed by atoms with Crippen LogP contribution in [0.1, 0.15) is 22.6 Å². The van der Waals surface area contributed by atoms with Crippen molar-refractivity contribution in [3.63, 3.8) is 0 Å². The van der Waals surface area contributed by atoms with Crippen molar-refractivity contribution in [1.29, 1.82) is 5.26 Å². The van der Waals surface area contributed by atoms with Crippen LogP contribution in [-0.2, 0) is 4.79 Å². The fourth-order valence-electron chi connectivity index (χ4n) is 3.59. The van der Waals surface area contributed by atoms with Gasteiger partial charge in [0.2, 0.25) is 5.91 Å². The van der Waals surface area contributed by atoms with Gasteiger partial charge in [-0.2, -0.15) is 5.26 Å². The van der Waals surface area contributed by atoms with Gasteiger partial charge in [-0.25, -0.2) is 18.2 Å². The van der Waals surface area contributed by atoms with Crippen LogP contribution in [0.4, 0.5) is 18.9 Å².